The Kier molecular flexibility index (Phi) is 2.18. The number of hydrogen-bond acceptors (Lipinski definition) is 5. The van der Waals surface area contributed by atoms with Gasteiger partial charge in [-0.1, -0.05) is 12.2 Å². The Morgan fingerprint density at radius 1 is 1.38 bits per heavy atom. The summed E-state index contributed by atoms with van der Waals surface area (Å²) in [5.41, 5.74) is 0.559. The molecule has 0 aromatic rings. The fraction of sp³-hybridized carbons (Fsp3) is 0.375. The van der Waals surface area contributed by atoms with Crippen molar-refractivity contribution in [3.8, 4) is 0 Å². The molecular weight excluding hydrogens is 176 g/mol. The van der Waals surface area contributed by atoms with E-state index < -0.39 is 29.6 Å². The average Bonchev–Trinajstić information content (AvgIpc) is 2.66. The monoisotopic (exact) mass is 182 g/mol. The van der Waals surface area contributed by atoms with E-state index >= 15 is 0 Å². The van der Waals surface area contributed by atoms with Crippen molar-refractivity contribution in [1.29, 1.82) is 0 Å². The summed E-state index contributed by atoms with van der Waals surface area (Å²) in [7, 11) is 0. The number of hydrogen-bond donors (Lipinski definition) is 0. The van der Waals surface area contributed by atoms with Crippen LogP contribution >= 0.6 is 0 Å². The maximum atomic E-state index is 10.8. The van der Waals surface area contributed by atoms with Crippen molar-refractivity contribution < 1.29 is 24.6 Å². The van der Waals surface area contributed by atoms with Crippen molar-refractivity contribution in [2.75, 3.05) is 0 Å². The number of carbonyl (C=O) groups is 3. The lowest BCUT2D eigenvalue weighted by atomic mass is 9.98. The first kappa shape index (κ1) is 9.44. The van der Waals surface area contributed by atoms with E-state index in [2.05, 4.69) is 6.58 Å². The molecule has 0 radical (unpaired) electrons. The number of carboxylic acids is 2. The fourth-order valence-corrected chi connectivity index (χ4v) is 1.16. The highest BCUT2D eigenvalue weighted by Gasteiger charge is 2.40. The molecule has 5 heteroatoms. The molecule has 5 nitrogen and oxygen atoms in total. The van der Waals surface area contributed by atoms with Gasteiger partial charge in [0, 0.05) is 0 Å². The Morgan fingerprint density at radius 3 is 2.08 bits per heavy atom. The summed E-state index contributed by atoms with van der Waals surface area (Å²) in [5.74, 6) is -7.33. The van der Waals surface area contributed by atoms with Gasteiger partial charge in [0.2, 0.25) is 0 Å². The van der Waals surface area contributed by atoms with Crippen LogP contribution in [-0.4, -0.2) is 17.7 Å². The van der Waals surface area contributed by atoms with E-state index in [0.29, 0.717) is 12.0 Å². The number of carboxylic acid groups (broad SMARTS) is 2. The van der Waals surface area contributed by atoms with E-state index in [4.69, 9.17) is 0 Å². The Bertz CT molecular complexity index is 304. The summed E-state index contributed by atoms with van der Waals surface area (Å²) in [6.07, 6.45) is 0.359. The standard InChI is InChI=1S/C8H8O5/c1-3-2-4(3)5(7(10)11)6(9)8(12)13/h4-5H,1-2H2,(H,10,11)(H,12,13)/p-2. The molecule has 0 N–H and O–H groups in total. The summed E-state index contributed by atoms with van der Waals surface area (Å²) >= 11 is 0. The maximum Gasteiger partial charge on any atom is 0.187 e. The zero-order chi connectivity index (χ0) is 10.2. The van der Waals surface area contributed by atoms with E-state index in [1.165, 1.54) is 0 Å². The molecule has 0 aromatic heterocycles. The molecule has 2 unspecified atom stereocenters. The lowest BCUT2D eigenvalue weighted by Gasteiger charge is -2.15. The van der Waals surface area contributed by atoms with Crippen LogP contribution in [0.15, 0.2) is 12.2 Å². The van der Waals surface area contributed by atoms with Gasteiger partial charge in [-0.25, -0.2) is 0 Å². The SMILES string of the molecule is C=C1CC1C(C(=O)[O-])C(=O)C(=O)[O-]. The lowest BCUT2D eigenvalue weighted by Crippen LogP contribution is -2.45. The van der Waals surface area contributed by atoms with E-state index in [9.17, 15) is 24.6 Å². The van der Waals surface area contributed by atoms with Gasteiger partial charge in [0.1, 0.15) is 5.97 Å². The molecule has 0 spiro atoms. The van der Waals surface area contributed by atoms with Gasteiger partial charge in [-0.2, -0.15) is 0 Å². The third-order valence-corrected chi connectivity index (χ3v) is 1.99. The van der Waals surface area contributed by atoms with Gasteiger partial charge in [-0.3, -0.25) is 4.79 Å². The first-order valence-electron chi connectivity index (χ1n) is 3.59. The van der Waals surface area contributed by atoms with E-state index in [0.717, 1.165) is 0 Å². The fourth-order valence-electron chi connectivity index (χ4n) is 1.16. The van der Waals surface area contributed by atoms with Crippen molar-refractivity contribution in [2.24, 2.45) is 11.8 Å². The molecule has 0 saturated heterocycles. The minimum Gasteiger partial charge on any atom is -0.549 e. The average molecular weight is 182 g/mol. The minimum atomic E-state index is -1.99. The molecule has 0 aliphatic heterocycles. The summed E-state index contributed by atoms with van der Waals surface area (Å²) in [6, 6.07) is 0. The van der Waals surface area contributed by atoms with E-state index in [1.54, 1.807) is 0 Å². The van der Waals surface area contributed by atoms with Crippen LogP contribution in [0, 0.1) is 11.8 Å². The predicted octanol–water partition coefficient (Wildman–Crippen LogP) is -2.75. The highest BCUT2D eigenvalue weighted by Crippen LogP contribution is 2.42. The molecule has 0 bridgehead atoms. The van der Waals surface area contributed by atoms with Gasteiger partial charge in [0.05, 0.1) is 11.9 Å². The van der Waals surface area contributed by atoms with Gasteiger partial charge in [0.15, 0.2) is 5.78 Å². The highest BCUT2D eigenvalue weighted by molar-refractivity contribution is 6.36. The van der Waals surface area contributed by atoms with Crippen molar-refractivity contribution in [2.45, 2.75) is 6.42 Å². The molecule has 70 valence electrons. The molecule has 0 heterocycles. The quantitative estimate of drug-likeness (QED) is 0.266. The Morgan fingerprint density at radius 2 is 1.85 bits per heavy atom. The van der Waals surface area contributed by atoms with E-state index in [1.807, 2.05) is 0 Å². The second-order valence-corrected chi connectivity index (χ2v) is 2.92. The van der Waals surface area contributed by atoms with Crippen LogP contribution in [0.4, 0.5) is 0 Å². The Labute approximate surface area is 73.7 Å². The third-order valence-electron chi connectivity index (χ3n) is 1.99. The zero-order valence-corrected chi connectivity index (χ0v) is 6.61. The minimum absolute atomic E-state index is 0.359. The second kappa shape index (κ2) is 3.01. The van der Waals surface area contributed by atoms with Crippen LogP contribution in [0.25, 0.3) is 0 Å². The topological polar surface area (TPSA) is 97.3 Å². The Hall–Kier alpha value is -1.65. The van der Waals surface area contributed by atoms with Crippen molar-refractivity contribution in [1.82, 2.24) is 0 Å². The number of Topliss-reactive ketones (excluding diaryl/α,β-unsaturated/α-hetero) is 1. The molecule has 1 aliphatic rings. The van der Waals surface area contributed by atoms with Crippen LogP contribution in [0.2, 0.25) is 0 Å². The molecule has 2 atom stereocenters. The maximum absolute atomic E-state index is 10.8. The number of allylic oxidation sites excluding steroid dienone is 1. The first-order chi connectivity index (χ1) is 5.95. The summed E-state index contributed by atoms with van der Waals surface area (Å²) in [4.78, 5) is 31.3. The number of ketones is 1. The molecule has 1 rings (SSSR count). The summed E-state index contributed by atoms with van der Waals surface area (Å²) < 4.78 is 0. The van der Waals surface area contributed by atoms with E-state index in [-0.39, 0.29) is 0 Å². The zero-order valence-electron chi connectivity index (χ0n) is 6.61. The number of rotatable bonds is 4. The van der Waals surface area contributed by atoms with Gasteiger partial charge in [0.25, 0.3) is 0 Å². The van der Waals surface area contributed by atoms with Gasteiger partial charge >= 0.3 is 0 Å². The normalized spacial score (nSPS) is 22.2. The smallest absolute Gasteiger partial charge is 0.187 e. The van der Waals surface area contributed by atoms with Crippen molar-refractivity contribution in [3.05, 3.63) is 12.2 Å². The number of aliphatic carboxylic acids is 2. The van der Waals surface area contributed by atoms with Crippen LogP contribution in [0.1, 0.15) is 6.42 Å². The second-order valence-electron chi connectivity index (χ2n) is 2.92. The van der Waals surface area contributed by atoms with Crippen molar-refractivity contribution in [3.63, 3.8) is 0 Å². The lowest BCUT2D eigenvalue weighted by molar-refractivity contribution is -0.315. The predicted molar refractivity (Wildman–Crippen MR) is 35.8 cm³/mol. The number of carbonyl (C=O) groups excluding carboxylic acids is 3. The third kappa shape index (κ3) is 1.74. The summed E-state index contributed by atoms with van der Waals surface area (Å²) in [5, 5.41) is 20.5. The molecule has 1 fully saturated rings. The van der Waals surface area contributed by atoms with Gasteiger partial charge in [-0.15, -0.1) is 0 Å². The van der Waals surface area contributed by atoms with Crippen LogP contribution in [0.3, 0.4) is 0 Å². The largest absolute Gasteiger partial charge is 0.549 e. The van der Waals surface area contributed by atoms with Crippen LogP contribution in [0.5, 0.6) is 0 Å². The summed E-state index contributed by atoms with van der Waals surface area (Å²) in [6.45, 7) is 3.44. The first-order valence-corrected chi connectivity index (χ1v) is 3.59. The molecule has 13 heavy (non-hydrogen) atoms. The van der Waals surface area contributed by atoms with Gasteiger partial charge < -0.3 is 19.8 Å². The van der Waals surface area contributed by atoms with Gasteiger partial charge in [-0.05, 0) is 12.3 Å². The molecule has 1 aliphatic carbocycles. The molecular formula is C8H6O5-2. The molecule has 0 amide bonds. The highest BCUT2D eigenvalue weighted by atomic mass is 16.4. The molecule has 1 saturated carbocycles. The van der Waals surface area contributed by atoms with Crippen LogP contribution < -0.4 is 10.2 Å². The van der Waals surface area contributed by atoms with Crippen molar-refractivity contribution >= 4 is 17.7 Å². The Balaban J connectivity index is 2.80. The molecule has 0 aromatic carbocycles. The van der Waals surface area contributed by atoms with Crippen LogP contribution in [-0.2, 0) is 14.4 Å².